The van der Waals surface area contributed by atoms with Crippen LogP contribution in [-0.2, 0) is 11.3 Å². The zero-order chi connectivity index (χ0) is 27.7. The minimum Gasteiger partial charge on any atom is -0.495 e. The lowest BCUT2D eigenvalue weighted by Gasteiger charge is -2.45. The standard InChI is InChI=1S/C26H30Cl2N6O4/c1-7-20(35)33-12-16(13-33)32(4)14(2)11-34-24-15(10-30-26(29-3)31-24)8-17(25(34)36)21-22(27)18(37-5)9-19(38-6)23(21)28/h7-10,14,16H,1,11-13H2,2-6H3,(H,29,30,31)/t14-/m1/s1. The summed E-state index contributed by atoms with van der Waals surface area (Å²) in [5.41, 5.74) is 0.723. The predicted molar refractivity (Wildman–Crippen MR) is 150 cm³/mol. The van der Waals surface area contributed by atoms with E-state index in [1.807, 2.05) is 14.0 Å². The van der Waals surface area contributed by atoms with Crippen molar-refractivity contribution in [1.82, 2.24) is 24.3 Å². The van der Waals surface area contributed by atoms with Gasteiger partial charge < -0.3 is 19.7 Å². The van der Waals surface area contributed by atoms with Gasteiger partial charge in [0.1, 0.15) is 17.1 Å². The second-order valence-electron chi connectivity index (χ2n) is 9.10. The van der Waals surface area contributed by atoms with Crippen LogP contribution in [0.4, 0.5) is 5.95 Å². The highest BCUT2D eigenvalue weighted by molar-refractivity contribution is 6.41. The number of fused-ring (bicyclic) bond motifs is 1. The first-order chi connectivity index (χ1) is 18.1. The summed E-state index contributed by atoms with van der Waals surface area (Å²) < 4.78 is 12.4. The van der Waals surface area contributed by atoms with Crippen molar-refractivity contribution in [2.75, 3.05) is 46.7 Å². The summed E-state index contributed by atoms with van der Waals surface area (Å²) >= 11 is 13.3. The SMILES string of the molecule is C=CC(=O)N1CC(N(C)[C@H](C)Cn2c(=O)c(-c3c(Cl)c(OC)cc(OC)c3Cl)cc3cnc(NC)nc32)C1. The number of hydrogen-bond donors (Lipinski definition) is 1. The fourth-order valence-electron chi connectivity index (χ4n) is 4.52. The maximum Gasteiger partial charge on any atom is 0.260 e. The molecule has 3 heterocycles. The molecule has 1 aliphatic rings. The molecular weight excluding hydrogens is 531 g/mol. The number of carbonyl (C=O) groups is 1. The topological polar surface area (TPSA) is 102 Å². The van der Waals surface area contributed by atoms with Crippen LogP contribution in [0.2, 0.25) is 10.0 Å². The van der Waals surface area contributed by atoms with E-state index in [4.69, 9.17) is 32.7 Å². The second-order valence-corrected chi connectivity index (χ2v) is 9.85. The molecule has 0 aliphatic carbocycles. The monoisotopic (exact) mass is 560 g/mol. The average molecular weight is 561 g/mol. The van der Waals surface area contributed by atoms with Crippen LogP contribution in [0.3, 0.4) is 0 Å². The molecular formula is C26H30Cl2N6O4. The molecule has 1 amide bonds. The van der Waals surface area contributed by atoms with Crippen LogP contribution in [0.5, 0.6) is 11.5 Å². The molecule has 38 heavy (non-hydrogen) atoms. The van der Waals surface area contributed by atoms with E-state index in [0.717, 1.165) is 0 Å². The number of benzene rings is 1. The zero-order valence-corrected chi connectivity index (χ0v) is 23.4. The molecule has 0 bridgehead atoms. The quantitative estimate of drug-likeness (QED) is 0.396. The smallest absolute Gasteiger partial charge is 0.260 e. The third-order valence-electron chi connectivity index (χ3n) is 6.96. The summed E-state index contributed by atoms with van der Waals surface area (Å²) in [5.74, 6) is 0.951. The molecule has 202 valence electrons. The van der Waals surface area contributed by atoms with Crippen LogP contribution in [0.1, 0.15) is 6.92 Å². The number of likely N-dealkylation sites (N-methyl/N-ethyl adjacent to an activating group) is 1. The molecule has 4 rings (SSSR count). The van der Waals surface area contributed by atoms with E-state index in [1.54, 1.807) is 34.8 Å². The highest BCUT2D eigenvalue weighted by Gasteiger charge is 2.34. The van der Waals surface area contributed by atoms with Crippen LogP contribution in [0, 0.1) is 0 Å². The minimum atomic E-state index is -0.324. The van der Waals surface area contributed by atoms with Crippen molar-refractivity contribution in [2.45, 2.75) is 25.6 Å². The Morgan fingerprint density at radius 1 is 1.26 bits per heavy atom. The summed E-state index contributed by atoms with van der Waals surface area (Å²) in [4.78, 5) is 38.8. The molecule has 10 nitrogen and oxygen atoms in total. The van der Waals surface area contributed by atoms with Gasteiger partial charge in [-0.25, -0.2) is 4.98 Å². The largest absolute Gasteiger partial charge is 0.495 e. The Bertz CT molecular complexity index is 1430. The van der Waals surface area contributed by atoms with Crippen LogP contribution in [0.15, 0.2) is 35.8 Å². The number of ether oxygens (including phenoxy) is 2. The van der Waals surface area contributed by atoms with Gasteiger partial charge in [-0.1, -0.05) is 29.8 Å². The second kappa shape index (κ2) is 11.2. The van der Waals surface area contributed by atoms with E-state index in [9.17, 15) is 9.59 Å². The molecule has 0 unspecified atom stereocenters. The summed E-state index contributed by atoms with van der Waals surface area (Å²) in [6, 6.07) is 3.34. The Kier molecular flexibility index (Phi) is 8.15. The lowest BCUT2D eigenvalue weighted by atomic mass is 10.0. The van der Waals surface area contributed by atoms with Crippen molar-refractivity contribution in [3.8, 4) is 22.6 Å². The van der Waals surface area contributed by atoms with E-state index >= 15 is 0 Å². The summed E-state index contributed by atoms with van der Waals surface area (Å²) in [6.07, 6.45) is 2.96. The lowest BCUT2D eigenvalue weighted by Crippen LogP contribution is -2.61. The van der Waals surface area contributed by atoms with E-state index in [0.29, 0.717) is 53.7 Å². The molecule has 3 aromatic rings. The number of carbonyl (C=O) groups excluding carboxylic acids is 1. The van der Waals surface area contributed by atoms with Crippen LogP contribution < -0.4 is 20.3 Å². The van der Waals surface area contributed by atoms with Crippen molar-refractivity contribution in [3.63, 3.8) is 0 Å². The number of nitrogens with one attached hydrogen (secondary N) is 1. The number of nitrogens with zero attached hydrogens (tertiary/aromatic N) is 5. The molecule has 1 aliphatic heterocycles. The molecule has 2 aromatic heterocycles. The van der Waals surface area contributed by atoms with Gasteiger partial charge in [-0.3, -0.25) is 19.1 Å². The van der Waals surface area contributed by atoms with Crippen LogP contribution in [0.25, 0.3) is 22.2 Å². The van der Waals surface area contributed by atoms with Gasteiger partial charge in [0.15, 0.2) is 0 Å². The number of rotatable bonds is 9. The Balaban J connectivity index is 1.82. The van der Waals surface area contributed by atoms with Crippen molar-refractivity contribution in [3.05, 3.63) is 51.4 Å². The third kappa shape index (κ3) is 4.91. The molecule has 1 fully saturated rings. The molecule has 12 heteroatoms. The van der Waals surface area contributed by atoms with Gasteiger partial charge in [-0.15, -0.1) is 0 Å². The first-order valence-corrected chi connectivity index (χ1v) is 12.7. The average Bonchev–Trinajstić information content (AvgIpc) is 2.89. The molecule has 1 aromatic carbocycles. The minimum absolute atomic E-state index is 0.0732. The number of halogens is 2. The fraction of sp³-hybridized carbons (Fsp3) is 0.385. The normalized spacial score (nSPS) is 14.4. The molecule has 1 saturated heterocycles. The molecule has 0 radical (unpaired) electrons. The number of methoxy groups -OCH3 is 2. The molecule has 1 atom stereocenters. The first kappa shape index (κ1) is 27.7. The molecule has 0 saturated carbocycles. The summed E-state index contributed by atoms with van der Waals surface area (Å²) in [6.45, 7) is 7.10. The number of aromatic nitrogens is 3. The highest BCUT2D eigenvalue weighted by Crippen LogP contribution is 2.45. The number of anilines is 1. The number of pyridine rings is 1. The van der Waals surface area contributed by atoms with Gasteiger partial charge in [0.05, 0.1) is 29.8 Å². The first-order valence-electron chi connectivity index (χ1n) is 12.0. The maximum absolute atomic E-state index is 14.1. The van der Waals surface area contributed by atoms with Crippen molar-refractivity contribution in [2.24, 2.45) is 0 Å². The Morgan fingerprint density at radius 2 is 1.89 bits per heavy atom. The van der Waals surface area contributed by atoms with Crippen molar-refractivity contribution < 1.29 is 14.3 Å². The van der Waals surface area contributed by atoms with Crippen molar-refractivity contribution in [1.29, 1.82) is 0 Å². The predicted octanol–water partition coefficient (Wildman–Crippen LogP) is 3.54. The summed E-state index contributed by atoms with van der Waals surface area (Å²) in [7, 11) is 6.65. The molecule has 0 spiro atoms. The molecule has 1 N–H and O–H groups in total. The third-order valence-corrected chi connectivity index (χ3v) is 7.71. The van der Waals surface area contributed by atoms with Crippen LogP contribution >= 0.6 is 23.2 Å². The Morgan fingerprint density at radius 3 is 2.45 bits per heavy atom. The van der Waals surface area contributed by atoms with E-state index in [-0.39, 0.29) is 39.2 Å². The Hall–Kier alpha value is -3.34. The fourth-order valence-corrected chi connectivity index (χ4v) is 5.23. The lowest BCUT2D eigenvalue weighted by molar-refractivity contribution is -0.133. The number of amides is 1. The van der Waals surface area contributed by atoms with E-state index < -0.39 is 0 Å². The van der Waals surface area contributed by atoms with E-state index in [1.165, 1.54) is 20.3 Å². The van der Waals surface area contributed by atoms with Gasteiger partial charge in [0.2, 0.25) is 11.9 Å². The van der Waals surface area contributed by atoms with E-state index in [2.05, 4.69) is 26.8 Å². The maximum atomic E-state index is 14.1. The van der Waals surface area contributed by atoms with Crippen LogP contribution in [-0.4, -0.2) is 83.7 Å². The highest BCUT2D eigenvalue weighted by atomic mass is 35.5. The van der Waals surface area contributed by atoms with Gasteiger partial charge in [0.25, 0.3) is 5.56 Å². The zero-order valence-electron chi connectivity index (χ0n) is 21.9. The number of likely N-dealkylation sites (tertiary alicyclic amines) is 1. The van der Waals surface area contributed by atoms with Gasteiger partial charge in [-0.2, -0.15) is 4.98 Å². The number of hydrogen-bond acceptors (Lipinski definition) is 8. The van der Waals surface area contributed by atoms with Gasteiger partial charge in [-0.05, 0) is 26.1 Å². The van der Waals surface area contributed by atoms with Gasteiger partial charge >= 0.3 is 0 Å². The van der Waals surface area contributed by atoms with Crippen molar-refractivity contribution >= 4 is 46.1 Å². The van der Waals surface area contributed by atoms with Gasteiger partial charge in [0, 0.05) is 62.0 Å². The summed E-state index contributed by atoms with van der Waals surface area (Å²) in [5, 5.41) is 3.95. The Labute approximate surface area is 230 Å².